The Balaban J connectivity index is 2.67. The van der Waals surface area contributed by atoms with Crippen molar-refractivity contribution in [3.8, 4) is 0 Å². The third-order valence-electron chi connectivity index (χ3n) is 1.72. The molecule has 0 unspecified atom stereocenters. The summed E-state index contributed by atoms with van der Waals surface area (Å²) in [7, 11) is 0. The van der Waals surface area contributed by atoms with Crippen molar-refractivity contribution >= 4 is 0 Å². The molecule has 1 heterocycles. The summed E-state index contributed by atoms with van der Waals surface area (Å²) in [4.78, 5) is 2.32. The number of allylic oxidation sites excluding steroid dienone is 2. The van der Waals surface area contributed by atoms with Gasteiger partial charge in [-0.15, -0.1) is 0 Å². The van der Waals surface area contributed by atoms with E-state index in [2.05, 4.69) is 37.9 Å². The van der Waals surface area contributed by atoms with Crippen LogP contribution in [0.15, 0.2) is 23.4 Å². The smallest absolute Gasteiger partial charge is 0.0383 e. The Hall–Kier alpha value is -0.720. The highest BCUT2D eigenvalue weighted by molar-refractivity contribution is 5.25. The SMILES string of the molecule is CCN1C=C(C)C=C(C)C1. The molecule has 10 heavy (non-hydrogen) atoms. The molecule has 56 valence electrons. The maximum absolute atomic E-state index is 2.32. The van der Waals surface area contributed by atoms with Crippen LogP contribution >= 0.6 is 0 Å². The van der Waals surface area contributed by atoms with Crippen LogP contribution in [-0.2, 0) is 0 Å². The zero-order chi connectivity index (χ0) is 7.56. The Morgan fingerprint density at radius 2 is 2.20 bits per heavy atom. The average Bonchev–Trinajstić information content (AvgIpc) is 1.85. The molecule has 0 radical (unpaired) electrons. The van der Waals surface area contributed by atoms with Gasteiger partial charge in [0.15, 0.2) is 0 Å². The monoisotopic (exact) mass is 137 g/mol. The molecule has 0 aliphatic carbocycles. The molecular weight excluding hydrogens is 122 g/mol. The molecule has 1 rings (SSSR count). The van der Waals surface area contributed by atoms with Crippen LogP contribution in [0, 0.1) is 0 Å². The molecule has 1 heteroatoms. The van der Waals surface area contributed by atoms with Gasteiger partial charge in [-0.2, -0.15) is 0 Å². The second-order valence-electron chi connectivity index (χ2n) is 2.93. The Morgan fingerprint density at radius 1 is 1.50 bits per heavy atom. The van der Waals surface area contributed by atoms with E-state index in [0.717, 1.165) is 13.1 Å². The first-order valence-electron chi connectivity index (χ1n) is 3.82. The lowest BCUT2D eigenvalue weighted by atomic mass is 10.1. The van der Waals surface area contributed by atoms with Gasteiger partial charge in [-0.1, -0.05) is 11.6 Å². The van der Waals surface area contributed by atoms with E-state index in [9.17, 15) is 0 Å². The minimum absolute atomic E-state index is 1.10. The summed E-state index contributed by atoms with van der Waals surface area (Å²) in [6.07, 6.45) is 4.46. The van der Waals surface area contributed by atoms with Crippen LogP contribution in [0.25, 0.3) is 0 Å². The lowest BCUT2D eigenvalue weighted by Crippen LogP contribution is -2.21. The Bertz CT molecular complexity index is 177. The van der Waals surface area contributed by atoms with E-state index in [1.165, 1.54) is 11.1 Å². The van der Waals surface area contributed by atoms with Crippen molar-refractivity contribution in [3.63, 3.8) is 0 Å². The van der Waals surface area contributed by atoms with Gasteiger partial charge in [0, 0.05) is 19.3 Å². The Labute approximate surface area is 63.0 Å². The second kappa shape index (κ2) is 2.91. The van der Waals surface area contributed by atoms with Crippen molar-refractivity contribution in [3.05, 3.63) is 23.4 Å². The van der Waals surface area contributed by atoms with Crippen molar-refractivity contribution in [2.24, 2.45) is 0 Å². The van der Waals surface area contributed by atoms with E-state index in [-0.39, 0.29) is 0 Å². The minimum Gasteiger partial charge on any atom is -0.373 e. The fourth-order valence-corrected chi connectivity index (χ4v) is 1.33. The lowest BCUT2D eigenvalue weighted by molar-refractivity contribution is 0.421. The zero-order valence-electron chi connectivity index (χ0n) is 7.02. The largest absolute Gasteiger partial charge is 0.373 e. The number of nitrogens with zero attached hydrogens (tertiary/aromatic N) is 1. The number of likely N-dealkylation sites (N-methyl/N-ethyl adjacent to an activating group) is 1. The zero-order valence-corrected chi connectivity index (χ0v) is 7.02. The summed E-state index contributed by atoms with van der Waals surface area (Å²) >= 11 is 0. The third kappa shape index (κ3) is 1.63. The first-order chi connectivity index (χ1) is 4.72. The fourth-order valence-electron chi connectivity index (χ4n) is 1.33. The van der Waals surface area contributed by atoms with E-state index >= 15 is 0 Å². The Kier molecular flexibility index (Phi) is 2.15. The van der Waals surface area contributed by atoms with Crippen LogP contribution in [0.1, 0.15) is 20.8 Å². The van der Waals surface area contributed by atoms with Crippen molar-refractivity contribution in [2.45, 2.75) is 20.8 Å². The summed E-state index contributed by atoms with van der Waals surface area (Å²) in [6, 6.07) is 0. The van der Waals surface area contributed by atoms with Crippen molar-refractivity contribution in [1.29, 1.82) is 0 Å². The molecule has 0 bridgehead atoms. The normalized spacial score (nSPS) is 18.5. The lowest BCUT2D eigenvalue weighted by Gasteiger charge is -2.23. The van der Waals surface area contributed by atoms with Crippen LogP contribution in [-0.4, -0.2) is 18.0 Å². The summed E-state index contributed by atoms with van der Waals surface area (Å²) in [5.74, 6) is 0. The Morgan fingerprint density at radius 3 is 2.70 bits per heavy atom. The van der Waals surface area contributed by atoms with Gasteiger partial charge in [-0.25, -0.2) is 0 Å². The molecule has 0 aromatic heterocycles. The maximum atomic E-state index is 2.32. The highest BCUT2D eigenvalue weighted by atomic mass is 15.1. The van der Waals surface area contributed by atoms with E-state index < -0.39 is 0 Å². The first-order valence-corrected chi connectivity index (χ1v) is 3.82. The highest BCUT2D eigenvalue weighted by Crippen LogP contribution is 2.11. The highest BCUT2D eigenvalue weighted by Gasteiger charge is 2.03. The van der Waals surface area contributed by atoms with Gasteiger partial charge in [-0.05, 0) is 26.3 Å². The predicted octanol–water partition coefficient (Wildman–Crippen LogP) is 2.17. The van der Waals surface area contributed by atoms with E-state index in [4.69, 9.17) is 0 Å². The van der Waals surface area contributed by atoms with Crippen LogP contribution in [0.5, 0.6) is 0 Å². The van der Waals surface area contributed by atoms with Gasteiger partial charge in [-0.3, -0.25) is 0 Å². The molecule has 0 fully saturated rings. The summed E-state index contributed by atoms with van der Waals surface area (Å²) in [6.45, 7) is 8.73. The summed E-state index contributed by atoms with van der Waals surface area (Å²) < 4.78 is 0. The van der Waals surface area contributed by atoms with E-state index in [1.807, 2.05) is 0 Å². The van der Waals surface area contributed by atoms with Crippen molar-refractivity contribution in [2.75, 3.05) is 13.1 Å². The van der Waals surface area contributed by atoms with Crippen LogP contribution in [0.2, 0.25) is 0 Å². The molecule has 0 atom stereocenters. The van der Waals surface area contributed by atoms with E-state index in [1.54, 1.807) is 0 Å². The van der Waals surface area contributed by atoms with Gasteiger partial charge in [0.05, 0.1) is 0 Å². The van der Waals surface area contributed by atoms with Crippen molar-refractivity contribution < 1.29 is 0 Å². The van der Waals surface area contributed by atoms with Crippen molar-refractivity contribution in [1.82, 2.24) is 4.90 Å². The van der Waals surface area contributed by atoms with Gasteiger partial charge in [0.2, 0.25) is 0 Å². The first kappa shape index (κ1) is 7.39. The maximum Gasteiger partial charge on any atom is 0.0383 e. The molecular formula is C9H15N. The topological polar surface area (TPSA) is 3.24 Å². The molecule has 0 saturated carbocycles. The van der Waals surface area contributed by atoms with Gasteiger partial charge in [0.1, 0.15) is 0 Å². The second-order valence-corrected chi connectivity index (χ2v) is 2.93. The quantitative estimate of drug-likeness (QED) is 0.535. The molecule has 0 N–H and O–H groups in total. The van der Waals surface area contributed by atoms with Crippen LogP contribution in [0.3, 0.4) is 0 Å². The van der Waals surface area contributed by atoms with Crippen LogP contribution in [0.4, 0.5) is 0 Å². The van der Waals surface area contributed by atoms with Gasteiger partial charge in [0.25, 0.3) is 0 Å². The minimum atomic E-state index is 1.10. The summed E-state index contributed by atoms with van der Waals surface area (Å²) in [5, 5.41) is 0. The van der Waals surface area contributed by atoms with Gasteiger partial charge < -0.3 is 4.90 Å². The van der Waals surface area contributed by atoms with Crippen LogP contribution < -0.4 is 0 Å². The molecule has 0 spiro atoms. The average molecular weight is 137 g/mol. The molecule has 1 nitrogen and oxygen atoms in total. The predicted molar refractivity (Wildman–Crippen MR) is 44.8 cm³/mol. The standard InChI is InChI=1S/C9H15N/c1-4-10-6-8(2)5-9(3)7-10/h5-6H,4,7H2,1-3H3. The molecule has 0 amide bonds. The molecule has 1 aliphatic rings. The molecule has 1 aliphatic heterocycles. The third-order valence-corrected chi connectivity index (χ3v) is 1.72. The number of hydrogen-bond donors (Lipinski definition) is 0. The molecule has 0 aromatic rings. The van der Waals surface area contributed by atoms with E-state index in [0.29, 0.717) is 0 Å². The summed E-state index contributed by atoms with van der Waals surface area (Å²) in [5.41, 5.74) is 2.83. The molecule has 0 saturated heterocycles. The van der Waals surface area contributed by atoms with Gasteiger partial charge >= 0.3 is 0 Å². The number of rotatable bonds is 1. The number of hydrogen-bond acceptors (Lipinski definition) is 1. The fraction of sp³-hybridized carbons (Fsp3) is 0.556. The molecule has 0 aromatic carbocycles.